The fourth-order valence-electron chi connectivity index (χ4n) is 21.2. The molecule has 9 fully saturated rings. The Hall–Kier alpha value is -11.5. The van der Waals surface area contributed by atoms with Crippen molar-refractivity contribution in [2.45, 2.75) is 216 Å². The molecule has 8 aromatic rings. The van der Waals surface area contributed by atoms with E-state index < -0.39 is 88.4 Å². The first-order valence-electron chi connectivity index (χ1n) is 42.5. The number of cyclic esters (lactones) is 1. The SMILES string of the molecule is CC#C[C@@H]1OC2(CCCC3=Cc4c(cnn4-c4ccc(F)cc4)C[C@@]32C)O[C@@H]1C#CC.CC12Cc3cnn(-c4ccc(F)cc4)c3C=C1CCCC21O[C@@H]2COC(=O)[C@@H]2O1.COC(=O)[C@@H]1OC2(CCCC3=Cc4c(cnn4-c4ccc(F)cc4)C[C@@]32C)O[C@H]1C(=O)OC.COC(=O)[C@H]1OC2(CCCC3=Cc4c(cnn4-c4ccc(F)cc4)C[C@@]32C)O[C@@H]1C(=O)OC. The summed E-state index contributed by atoms with van der Waals surface area (Å²) in [5.74, 6) is 4.10. The number of benzene rings is 4. The Kier molecular flexibility index (Phi) is 22.2. The molecule has 9 heterocycles. The molecule has 4 aromatic carbocycles. The highest BCUT2D eigenvalue weighted by atomic mass is 19.1. The minimum absolute atomic E-state index is 0.255. The molecule has 26 nitrogen and oxygen atoms in total. The quantitative estimate of drug-likeness (QED) is 0.0591. The third-order valence-corrected chi connectivity index (χ3v) is 27.9. The first-order valence-corrected chi connectivity index (χ1v) is 42.5. The Morgan fingerprint density at radius 1 is 0.381 bits per heavy atom. The second-order valence-electron chi connectivity index (χ2n) is 34.8. The Balaban J connectivity index is 0.000000114. The molecule has 14 atom stereocenters. The van der Waals surface area contributed by atoms with E-state index >= 15 is 0 Å². The number of rotatable bonds is 8. The monoisotopic (exact) mass is 1720 g/mol. The number of nitrogens with zero attached hydrogens (tertiary/aromatic N) is 8. The minimum atomic E-state index is -1.21. The van der Waals surface area contributed by atoms with Crippen LogP contribution in [-0.2, 0) is 111 Å². The van der Waals surface area contributed by atoms with Gasteiger partial charge in [0, 0.05) is 47.3 Å². The number of halogens is 4. The van der Waals surface area contributed by atoms with Crippen molar-refractivity contribution in [2.24, 2.45) is 21.7 Å². The van der Waals surface area contributed by atoms with Gasteiger partial charge in [0.25, 0.3) is 0 Å². The number of ether oxygens (including phenoxy) is 13. The Morgan fingerprint density at radius 3 is 0.881 bits per heavy atom. The number of carbonyl (C=O) groups excluding carboxylic acids is 5. The van der Waals surface area contributed by atoms with Crippen LogP contribution in [0.3, 0.4) is 0 Å². The molecule has 4 spiro atoms. The maximum Gasteiger partial charge on any atom is 0.338 e. The summed E-state index contributed by atoms with van der Waals surface area (Å²) < 4.78 is 136. The number of hydrogen-bond acceptors (Lipinski definition) is 22. The van der Waals surface area contributed by atoms with E-state index in [0.717, 1.165) is 150 Å². The highest BCUT2D eigenvalue weighted by Gasteiger charge is 2.69. The fraction of sp³-hybridized carbons (Fsp3) is 0.448. The number of fused-ring (bicyclic) bond motifs is 13. The smallest absolute Gasteiger partial charge is 0.338 e. The van der Waals surface area contributed by atoms with E-state index in [0.29, 0.717) is 32.1 Å². The summed E-state index contributed by atoms with van der Waals surface area (Å²) in [6.07, 6.45) is 21.5. The average molecular weight is 1730 g/mol. The van der Waals surface area contributed by atoms with Crippen LogP contribution in [0, 0.1) is 68.6 Å². The Bertz CT molecular complexity index is 5670. The first-order chi connectivity index (χ1) is 60.6. The molecule has 4 aromatic heterocycles. The van der Waals surface area contributed by atoms with Gasteiger partial charge < -0.3 is 61.6 Å². The maximum absolute atomic E-state index is 13.4. The lowest BCUT2D eigenvalue weighted by atomic mass is 9.62. The van der Waals surface area contributed by atoms with Crippen LogP contribution < -0.4 is 0 Å². The van der Waals surface area contributed by atoms with Gasteiger partial charge in [-0.1, -0.05) is 61.8 Å². The van der Waals surface area contributed by atoms with E-state index in [1.807, 2.05) is 49.5 Å². The van der Waals surface area contributed by atoms with Gasteiger partial charge in [-0.2, -0.15) is 20.4 Å². The van der Waals surface area contributed by atoms with Crippen LogP contribution >= 0.6 is 0 Å². The number of esters is 5. The van der Waals surface area contributed by atoms with Crippen LogP contribution in [0.1, 0.15) is 164 Å². The topological polar surface area (TPSA) is 277 Å². The lowest BCUT2D eigenvalue weighted by Gasteiger charge is -2.51. The molecule has 4 saturated carbocycles. The molecular formula is C96H96F4N8O18. The lowest BCUT2D eigenvalue weighted by Crippen LogP contribution is -2.54. The van der Waals surface area contributed by atoms with Gasteiger partial charge in [-0.25, -0.2) is 60.3 Å². The molecule has 656 valence electrons. The average Bonchev–Trinajstić information content (AvgIpc) is 1.50. The zero-order valence-corrected chi connectivity index (χ0v) is 71.4. The van der Waals surface area contributed by atoms with Gasteiger partial charge in [-0.05, 0) is 235 Å². The van der Waals surface area contributed by atoms with Crippen molar-refractivity contribution >= 4 is 54.2 Å². The first kappa shape index (κ1) is 85.3. The van der Waals surface area contributed by atoms with E-state index in [-0.39, 0.29) is 65.0 Å². The number of methoxy groups -OCH3 is 4. The molecule has 0 N–H and O–H groups in total. The molecule has 3 unspecified atom stereocenters. The second-order valence-corrected chi connectivity index (χ2v) is 34.8. The molecule has 21 rings (SSSR count). The van der Waals surface area contributed by atoms with Gasteiger partial charge >= 0.3 is 29.8 Å². The van der Waals surface area contributed by atoms with Crippen molar-refractivity contribution in [1.29, 1.82) is 0 Å². The van der Waals surface area contributed by atoms with E-state index in [1.54, 1.807) is 70.3 Å². The predicted molar refractivity (Wildman–Crippen MR) is 444 cm³/mol. The summed E-state index contributed by atoms with van der Waals surface area (Å²) in [7, 11) is 4.98. The highest BCUT2D eigenvalue weighted by Crippen LogP contribution is 2.64. The summed E-state index contributed by atoms with van der Waals surface area (Å²) in [6, 6.07) is 25.1. The van der Waals surface area contributed by atoms with E-state index in [4.69, 9.17) is 61.6 Å². The summed E-state index contributed by atoms with van der Waals surface area (Å²) in [6.45, 7) is 12.4. The van der Waals surface area contributed by atoms with Gasteiger partial charge in [0.15, 0.2) is 65.9 Å². The zero-order chi connectivity index (χ0) is 88.2. The van der Waals surface area contributed by atoms with E-state index in [1.165, 1.54) is 88.1 Å². The predicted octanol–water partition coefficient (Wildman–Crippen LogP) is 13.8. The van der Waals surface area contributed by atoms with Crippen LogP contribution in [0.25, 0.3) is 47.1 Å². The number of hydrogen-bond donors (Lipinski definition) is 0. The molecule has 5 saturated heterocycles. The van der Waals surface area contributed by atoms with Crippen molar-refractivity contribution in [1.82, 2.24) is 39.1 Å². The van der Waals surface area contributed by atoms with Gasteiger partial charge in [0.05, 0.1) is 98.8 Å². The normalized spacial score (nSPS) is 30.1. The largest absolute Gasteiger partial charge is 0.467 e. The van der Waals surface area contributed by atoms with Crippen LogP contribution in [0.15, 0.2) is 144 Å². The van der Waals surface area contributed by atoms with E-state index in [9.17, 15) is 41.5 Å². The van der Waals surface area contributed by atoms with Gasteiger partial charge in [0.1, 0.15) is 36.0 Å². The highest BCUT2D eigenvalue weighted by molar-refractivity contribution is 5.87. The standard InChI is InChI=1S/C26H25FN2O2.2C24H25FN2O6.C22H21FN2O4/c1-4-7-23-24(8-5-2)31-26(30-23)14-6-9-19-15-22-18(16-25(19,26)3)17-28-29(22)21-12-10-20(27)11-13-21;2*1-23-12-14-13-26-27(17-8-6-16(25)7-9-17)18(14)11-15(23)5-4-10-24(23)32-19(21(28)30-2)20(33-24)22(29)31-3;1-21-10-13-11-24-25(16-6-4-15(23)5-7-16)17(13)9-14(21)3-2-8-22(21)28-18-12-27-20(26)19(18)29-22/h10-13,15,17,23-24H,6,9,14,16H2,1-3H3;2*6-9,11,13,19-20H,4-5,10,12H2,1-3H3;4-7,9,11,18-19H,2-3,8,10,12H2,1H3/t23-,24+,25-,26?;19-,20-,23+;19-,20-,23-;18-,19-,21?,22?/m0101/s1. The minimum Gasteiger partial charge on any atom is -0.467 e. The van der Waals surface area contributed by atoms with Crippen LogP contribution in [0.5, 0.6) is 0 Å². The second kappa shape index (κ2) is 32.8. The fourth-order valence-corrected chi connectivity index (χ4v) is 21.2. The summed E-state index contributed by atoms with van der Waals surface area (Å²) in [5, 5.41) is 18.2. The third-order valence-electron chi connectivity index (χ3n) is 27.9. The van der Waals surface area contributed by atoms with Crippen LogP contribution in [-0.4, -0.2) is 176 Å². The zero-order valence-electron chi connectivity index (χ0n) is 71.4. The maximum atomic E-state index is 13.4. The Labute approximate surface area is 724 Å². The van der Waals surface area contributed by atoms with Crippen molar-refractivity contribution in [3.63, 3.8) is 0 Å². The summed E-state index contributed by atoms with van der Waals surface area (Å²) in [4.78, 5) is 61.8. The van der Waals surface area contributed by atoms with Crippen LogP contribution in [0.4, 0.5) is 17.6 Å². The van der Waals surface area contributed by atoms with Crippen LogP contribution in [0.2, 0.25) is 0 Å². The van der Waals surface area contributed by atoms with Gasteiger partial charge in [-0.3, -0.25) is 0 Å². The summed E-state index contributed by atoms with van der Waals surface area (Å²) in [5.41, 5.74) is 14.0. The van der Waals surface area contributed by atoms with E-state index in [2.05, 4.69) is 82.2 Å². The molecular weight excluding hydrogens is 1630 g/mol. The summed E-state index contributed by atoms with van der Waals surface area (Å²) >= 11 is 0. The van der Waals surface area contributed by atoms with Crippen molar-refractivity contribution in [2.75, 3.05) is 35.0 Å². The molecule has 8 aliphatic carbocycles. The van der Waals surface area contributed by atoms with Crippen molar-refractivity contribution in [3.8, 4) is 46.4 Å². The molecule has 126 heavy (non-hydrogen) atoms. The molecule has 0 bridgehead atoms. The van der Waals surface area contributed by atoms with Gasteiger partial charge in [-0.15, -0.1) is 11.8 Å². The van der Waals surface area contributed by atoms with Crippen molar-refractivity contribution < 1.29 is 103 Å². The number of carbonyl (C=O) groups is 5. The third kappa shape index (κ3) is 14.1. The molecule has 0 amide bonds. The molecule has 0 radical (unpaired) electrons. The molecule has 13 aliphatic rings. The molecule has 30 heteroatoms. The molecule has 5 aliphatic heterocycles. The number of aromatic nitrogens is 8. The Morgan fingerprint density at radius 2 is 0.635 bits per heavy atom. The van der Waals surface area contributed by atoms with Gasteiger partial charge in [0.2, 0.25) is 0 Å². The lowest BCUT2D eigenvalue weighted by molar-refractivity contribution is -0.256. The van der Waals surface area contributed by atoms with Crippen molar-refractivity contribution in [3.05, 3.63) is 212 Å².